The lowest BCUT2D eigenvalue weighted by atomic mass is 9.81. The van der Waals surface area contributed by atoms with Gasteiger partial charge in [0.05, 0.1) is 48.7 Å². The molecule has 0 bridgehead atoms. The number of ether oxygens (including phenoxy) is 2. The van der Waals surface area contributed by atoms with Crippen molar-refractivity contribution in [1.82, 2.24) is 9.13 Å². The highest BCUT2D eigenvalue weighted by Gasteiger charge is 2.36. The van der Waals surface area contributed by atoms with Crippen LogP contribution in [0.1, 0.15) is 43.2 Å². The third-order valence-corrected chi connectivity index (χ3v) is 9.70. The molecule has 0 N–H and O–H groups in total. The number of nitrogens with zero attached hydrogens (tertiary/aromatic N) is 2. The molecule has 0 amide bonds. The molecule has 0 atom stereocenters. The second kappa shape index (κ2) is 9.57. The summed E-state index contributed by atoms with van der Waals surface area (Å²) in [6, 6.07) is 31.5. The zero-order valence-electron chi connectivity index (χ0n) is 25.1. The Labute approximate surface area is 252 Å². The van der Waals surface area contributed by atoms with E-state index in [-0.39, 0.29) is 10.8 Å². The minimum absolute atomic E-state index is 0.0912. The first-order valence-electron chi connectivity index (χ1n) is 15.2. The van der Waals surface area contributed by atoms with Gasteiger partial charge in [0.2, 0.25) is 0 Å². The molecule has 43 heavy (non-hydrogen) atoms. The highest BCUT2D eigenvalue weighted by molar-refractivity contribution is 6.22. The Morgan fingerprint density at radius 3 is 1.79 bits per heavy atom. The van der Waals surface area contributed by atoms with E-state index in [9.17, 15) is 0 Å². The molecule has 2 saturated heterocycles. The molecule has 0 aliphatic carbocycles. The molecule has 0 unspecified atom stereocenters. The normalized spacial score (nSPS) is 17.5. The van der Waals surface area contributed by atoms with Crippen LogP contribution in [0.2, 0.25) is 0 Å². The lowest BCUT2D eigenvalue weighted by Gasteiger charge is -2.38. The van der Waals surface area contributed by atoms with Gasteiger partial charge in [-0.15, -0.1) is 0 Å². The van der Waals surface area contributed by atoms with Crippen LogP contribution in [-0.4, -0.2) is 35.6 Å². The minimum atomic E-state index is 0.0912. The molecular formula is C39H36N2O2. The Balaban J connectivity index is 1.42. The standard InChI is InChI=1S/C39H36N2O2/c1-5-9-30-31-20-21-35-36(37(31)41(33(30)6-2)29-18-14-27(15-19-29)39(4)24-43-25-39)32-10-7-8-11-34(32)40(35)28-16-12-26(13-17-28)38(3)22-42-23-38/h5-21H,2,22-25H2,1,3-4H3/b9-5-. The van der Waals surface area contributed by atoms with Crippen molar-refractivity contribution in [3.63, 3.8) is 0 Å². The molecule has 0 radical (unpaired) electrons. The van der Waals surface area contributed by atoms with Crippen LogP contribution in [-0.2, 0) is 20.3 Å². The first kappa shape index (κ1) is 26.3. The summed E-state index contributed by atoms with van der Waals surface area (Å²) in [7, 11) is 0. The SMILES string of the molecule is C=Cc1c(/C=C\C)c2ccc3c(c4ccccc4n3-c3ccc(C4(C)COC4)cc3)c2n1-c1ccc(C2(C)COC2)cc1. The summed E-state index contributed by atoms with van der Waals surface area (Å²) in [5.74, 6) is 0. The van der Waals surface area contributed by atoms with E-state index in [4.69, 9.17) is 9.47 Å². The van der Waals surface area contributed by atoms with Crippen molar-refractivity contribution in [2.45, 2.75) is 31.6 Å². The number of fused-ring (bicyclic) bond motifs is 5. The molecule has 4 heteroatoms. The van der Waals surface area contributed by atoms with E-state index in [1.165, 1.54) is 49.4 Å². The number of para-hydroxylation sites is 1. The average molecular weight is 565 g/mol. The summed E-state index contributed by atoms with van der Waals surface area (Å²) in [4.78, 5) is 0. The molecule has 214 valence electrons. The average Bonchev–Trinajstić information content (AvgIpc) is 3.51. The third kappa shape index (κ3) is 3.76. The van der Waals surface area contributed by atoms with Gasteiger partial charge in [-0.2, -0.15) is 0 Å². The minimum Gasteiger partial charge on any atom is -0.379 e. The molecule has 0 spiro atoms. The molecule has 4 aromatic carbocycles. The van der Waals surface area contributed by atoms with E-state index in [1.807, 2.05) is 6.08 Å². The largest absolute Gasteiger partial charge is 0.379 e. The fourth-order valence-electron chi connectivity index (χ4n) is 7.14. The summed E-state index contributed by atoms with van der Waals surface area (Å²) in [6.07, 6.45) is 6.33. The molecule has 0 saturated carbocycles. The van der Waals surface area contributed by atoms with Gasteiger partial charge in [-0.1, -0.05) is 81.1 Å². The molecule has 2 fully saturated rings. The van der Waals surface area contributed by atoms with Crippen LogP contribution in [0.15, 0.2) is 97.6 Å². The van der Waals surface area contributed by atoms with Gasteiger partial charge in [-0.25, -0.2) is 0 Å². The summed E-state index contributed by atoms with van der Waals surface area (Å²) >= 11 is 0. The molecule has 8 rings (SSSR count). The molecule has 2 aliphatic heterocycles. The molecule has 4 heterocycles. The maximum absolute atomic E-state index is 5.56. The molecule has 2 aliphatic rings. The van der Waals surface area contributed by atoms with Gasteiger partial charge < -0.3 is 18.6 Å². The summed E-state index contributed by atoms with van der Waals surface area (Å²) in [5.41, 5.74) is 11.0. The van der Waals surface area contributed by atoms with E-state index in [0.717, 1.165) is 43.5 Å². The Kier molecular flexibility index (Phi) is 5.84. The Hall–Kier alpha value is -4.38. The number of rotatable bonds is 6. The highest BCUT2D eigenvalue weighted by atomic mass is 16.5. The van der Waals surface area contributed by atoms with Crippen LogP contribution in [0.5, 0.6) is 0 Å². The van der Waals surface area contributed by atoms with Gasteiger partial charge in [-0.05, 0) is 60.5 Å². The number of hydrogen-bond donors (Lipinski definition) is 0. The quantitative estimate of drug-likeness (QED) is 0.202. The first-order valence-corrected chi connectivity index (χ1v) is 15.2. The lowest BCUT2D eigenvalue weighted by Crippen LogP contribution is -2.43. The predicted molar refractivity (Wildman–Crippen MR) is 179 cm³/mol. The van der Waals surface area contributed by atoms with E-state index >= 15 is 0 Å². The molecule has 4 nitrogen and oxygen atoms in total. The van der Waals surface area contributed by atoms with Gasteiger partial charge >= 0.3 is 0 Å². The van der Waals surface area contributed by atoms with Gasteiger partial charge in [0.15, 0.2) is 0 Å². The van der Waals surface area contributed by atoms with E-state index in [1.54, 1.807) is 0 Å². The van der Waals surface area contributed by atoms with Crippen molar-refractivity contribution in [3.8, 4) is 11.4 Å². The van der Waals surface area contributed by atoms with E-state index in [2.05, 4.69) is 134 Å². The van der Waals surface area contributed by atoms with E-state index < -0.39 is 0 Å². The topological polar surface area (TPSA) is 28.3 Å². The second-order valence-electron chi connectivity index (χ2n) is 12.7. The summed E-state index contributed by atoms with van der Waals surface area (Å²) in [6.45, 7) is 14.0. The van der Waals surface area contributed by atoms with Crippen LogP contribution in [0.4, 0.5) is 0 Å². The smallest absolute Gasteiger partial charge is 0.0641 e. The van der Waals surface area contributed by atoms with Crippen LogP contribution < -0.4 is 0 Å². The van der Waals surface area contributed by atoms with Gasteiger partial charge in [0.1, 0.15) is 0 Å². The summed E-state index contributed by atoms with van der Waals surface area (Å²) < 4.78 is 15.9. The van der Waals surface area contributed by atoms with Crippen LogP contribution >= 0.6 is 0 Å². The molecular weight excluding hydrogens is 528 g/mol. The zero-order valence-corrected chi connectivity index (χ0v) is 25.1. The van der Waals surface area contributed by atoms with Crippen molar-refractivity contribution < 1.29 is 9.47 Å². The first-order chi connectivity index (χ1) is 21.0. The number of allylic oxidation sites excluding steroid dienone is 1. The van der Waals surface area contributed by atoms with Crippen molar-refractivity contribution >= 4 is 44.9 Å². The van der Waals surface area contributed by atoms with Gasteiger partial charge in [0, 0.05) is 43.9 Å². The van der Waals surface area contributed by atoms with Crippen LogP contribution in [0.25, 0.3) is 56.2 Å². The number of hydrogen-bond acceptors (Lipinski definition) is 2. The van der Waals surface area contributed by atoms with Gasteiger partial charge in [0.25, 0.3) is 0 Å². The Morgan fingerprint density at radius 2 is 1.26 bits per heavy atom. The van der Waals surface area contributed by atoms with Crippen molar-refractivity contribution in [2.75, 3.05) is 26.4 Å². The number of benzene rings is 4. The van der Waals surface area contributed by atoms with Crippen LogP contribution in [0.3, 0.4) is 0 Å². The van der Waals surface area contributed by atoms with Crippen molar-refractivity contribution in [3.05, 3.63) is 120 Å². The third-order valence-electron chi connectivity index (χ3n) is 9.70. The highest BCUT2D eigenvalue weighted by Crippen LogP contribution is 2.42. The number of aromatic nitrogens is 2. The Morgan fingerprint density at radius 1 is 0.674 bits per heavy atom. The molecule has 2 aromatic heterocycles. The van der Waals surface area contributed by atoms with Crippen LogP contribution in [0, 0.1) is 0 Å². The maximum Gasteiger partial charge on any atom is 0.0641 e. The van der Waals surface area contributed by atoms with Crippen molar-refractivity contribution in [1.29, 1.82) is 0 Å². The van der Waals surface area contributed by atoms with Gasteiger partial charge in [-0.3, -0.25) is 0 Å². The maximum atomic E-state index is 5.56. The van der Waals surface area contributed by atoms with Crippen molar-refractivity contribution in [2.24, 2.45) is 0 Å². The lowest BCUT2D eigenvalue weighted by molar-refractivity contribution is -0.0500. The second-order valence-corrected chi connectivity index (χ2v) is 12.7. The van der Waals surface area contributed by atoms with E-state index in [0.29, 0.717) is 0 Å². The summed E-state index contributed by atoms with van der Waals surface area (Å²) in [5, 5.41) is 3.71. The monoisotopic (exact) mass is 564 g/mol. The fourth-order valence-corrected chi connectivity index (χ4v) is 7.14. The molecule has 6 aromatic rings. The Bertz CT molecular complexity index is 2060. The fraction of sp³-hybridized carbons (Fsp3) is 0.231. The zero-order chi connectivity index (χ0) is 29.3. The predicted octanol–water partition coefficient (Wildman–Crippen LogP) is 8.98.